The lowest BCUT2D eigenvalue weighted by Gasteiger charge is -2.34. The van der Waals surface area contributed by atoms with E-state index in [2.05, 4.69) is 15.9 Å². The number of hydrogen-bond donors (Lipinski definition) is 2. The lowest BCUT2D eigenvalue weighted by atomic mass is 10.1. The number of nitrogens with one attached hydrogen (secondary N) is 1. The van der Waals surface area contributed by atoms with E-state index in [1.54, 1.807) is 29.6 Å². The van der Waals surface area contributed by atoms with Crippen molar-refractivity contribution in [1.29, 1.82) is 5.41 Å². The Bertz CT molecular complexity index is 1710. The van der Waals surface area contributed by atoms with Gasteiger partial charge in [0.2, 0.25) is 5.91 Å². The van der Waals surface area contributed by atoms with Gasteiger partial charge in [0.15, 0.2) is 17.4 Å². The Morgan fingerprint density at radius 3 is 2.49 bits per heavy atom. The number of anilines is 2. The van der Waals surface area contributed by atoms with Gasteiger partial charge in [-0.2, -0.15) is 0 Å². The number of ketones is 1. The quantitative estimate of drug-likeness (QED) is 0.150. The third-order valence-corrected chi connectivity index (χ3v) is 9.30. The van der Waals surface area contributed by atoms with Crippen molar-refractivity contribution in [1.82, 2.24) is 19.8 Å². The second-order valence-electron chi connectivity index (χ2n) is 11.2. The molecule has 0 radical (unpaired) electrons. The number of benzene rings is 2. The van der Waals surface area contributed by atoms with Crippen LogP contribution >= 0.6 is 11.3 Å². The number of hydrogen-bond acceptors (Lipinski definition) is 10. The topological polar surface area (TPSA) is 129 Å². The van der Waals surface area contributed by atoms with Crippen molar-refractivity contribution in [2.45, 2.75) is 19.4 Å². The molecular formula is C34H37N7O3S. The molecule has 0 atom stereocenters. The Morgan fingerprint density at radius 2 is 1.73 bits per heavy atom. The standard InChI is InChI=1S/C34H37N7O3S/c35-22-28-27(7-4-8-29(28)36)33-37-30-21-26(45-32(30)34(38-33)41-17-19-44-20-18-41)23-39-13-15-40(16-14-39)31(43)12-11-25(42)10-9-24-5-2-1-3-6-24/h1-10,21-22,35H,11-20,23,36H2/b10-9+,35-22?. The molecule has 3 N–H and O–H groups in total. The van der Waals surface area contributed by atoms with Crippen LogP contribution in [0.3, 0.4) is 0 Å². The maximum atomic E-state index is 12.8. The van der Waals surface area contributed by atoms with E-state index >= 15 is 0 Å². The van der Waals surface area contributed by atoms with Gasteiger partial charge in [0.05, 0.1) is 23.4 Å². The zero-order chi connectivity index (χ0) is 31.2. The van der Waals surface area contributed by atoms with Gasteiger partial charge in [0.1, 0.15) is 0 Å². The average molecular weight is 624 g/mol. The minimum atomic E-state index is -0.0388. The van der Waals surface area contributed by atoms with Crippen LogP contribution in [0.2, 0.25) is 0 Å². The zero-order valence-corrected chi connectivity index (χ0v) is 26.0. The van der Waals surface area contributed by atoms with Crippen molar-refractivity contribution >= 4 is 57.0 Å². The van der Waals surface area contributed by atoms with Crippen molar-refractivity contribution in [3.8, 4) is 11.4 Å². The summed E-state index contributed by atoms with van der Waals surface area (Å²) < 4.78 is 6.64. The lowest BCUT2D eigenvalue weighted by Crippen LogP contribution is -2.48. The van der Waals surface area contributed by atoms with E-state index in [0.29, 0.717) is 43.4 Å². The van der Waals surface area contributed by atoms with E-state index < -0.39 is 0 Å². The molecule has 4 heterocycles. The summed E-state index contributed by atoms with van der Waals surface area (Å²) in [5.41, 5.74) is 9.90. The number of carbonyl (C=O) groups is 2. The van der Waals surface area contributed by atoms with Gasteiger partial charge in [0.25, 0.3) is 0 Å². The van der Waals surface area contributed by atoms with Crippen LogP contribution in [0.15, 0.2) is 60.7 Å². The van der Waals surface area contributed by atoms with Gasteiger partial charge in [-0.3, -0.25) is 14.5 Å². The van der Waals surface area contributed by atoms with Gasteiger partial charge in [-0.05, 0) is 23.8 Å². The van der Waals surface area contributed by atoms with Crippen LogP contribution in [0.25, 0.3) is 27.7 Å². The molecule has 232 valence electrons. The average Bonchev–Trinajstić information content (AvgIpc) is 3.49. The first-order valence-corrected chi connectivity index (χ1v) is 16.1. The summed E-state index contributed by atoms with van der Waals surface area (Å²) in [6.07, 6.45) is 5.06. The van der Waals surface area contributed by atoms with Crippen molar-refractivity contribution in [3.63, 3.8) is 0 Å². The van der Waals surface area contributed by atoms with E-state index in [1.165, 1.54) is 11.1 Å². The first kappa shape index (κ1) is 30.6. The van der Waals surface area contributed by atoms with E-state index in [1.807, 2.05) is 47.4 Å². The number of aromatic nitrogens is 2. The van der Waals surface area contributed by atoms with Crippen molar-refractivity contribution in [2.75, 3.05) is 63.1 Å². The van der Waals surface area contributed by atoms with Crippen LogP contribution in [0.4, 0.5) is 11.5 Å². The number of nitrogens with two attached hydrogens (primary N) is 1. The smallest absolute Gasteiger partial charge is 0.223 e. The molecule has 0 unspecified atom stereocenters. The number of amides is 1. The summed E-state index contributed by atoms with van der Waals surface area (Å²) in [4.78, 5) is 42.8. The number of morpholine rings is 1. The largest absolute Gasteiger partial charge is 0.398 e. The second kappa shape index (κ2) is 14.1. The van der Waals surface area contributed by atoms with Crippen molar-refractivity contribution in [3.05, 3.63) is 76.7 Å². The lowest BCUT2D eigenvalue weighted by molar-refractivity contribution is -0.134. The molecule has 6 rings (SSSR count). The molecular weight excluding hydrogens is 586 g/mol. The minimum Gasteiger partial charge on any atom is -0.398 e. The molecule has 10 nitrogen and oxygen atoms in total. The summed E-state index contributed by atoms with van der Waals surface area (Å²) in [6, 6.07) is 17.4. The highest BCUT2D eigenvalue weighted by Crippen LogP contribution is 2.36. The summed E-state index contributed by atoms with van der Waals surface area (Å²) in [5, 5.41) is 7.93. The zero-order valence-electron chi connectivity index (χ0n) is 25.2. The van der Waals surface area contributed by atoms with E-state index in [9.17, 15) is 9.59 Å². The van der Waals surface area contributed by atoms with Crippen LogP contribution in [0.1, 0.15) is 28.8 Å². The number of thiophene rings is 1. The van der Waals surface area contributed by atoms with E-state index in [-0.39, 0.29) is 24.5 Å². The fourth-order valence-corrected chi connectivity index (χ4v) is 6.85. The monoisotopic (exact) mass is 623 g/mol. The predicted molar refractivity (Wildman–Crippen MR) is 180 cm³/mol. The molecule has 0 aliphatic carbocycles. The number of carbonyl (C=O) groups excluding carboxylic acids is 2. The molecule has 0 bridgehead atoms. The van der Waals surface area contributed by atoms with Gasteiger partial charge in [-0.15, -0.1) is 11.3 Å². The fraction of sp³-hybridized carbons (Fsp3) is 0.324. The molecule has 2 aromatic heterocycles. The van der Waals surface area contributed by atoms with Crippen LogP contribution in [0, 0.1) is 5.41 Å². The summed E-state index contributed by atoms with van der Waals surface area (Å²) in [7, 11) is 0. The highest BCUT2D eigenvalue weighted by atomic mass is 32.1. The number of fused-ring (bicyclic) bond motifs is 1. The number of piperazine rings is 1. The van der Waals surface area contributed by atoms with Gasteiger partial charge in [-0.1, -0.05) is 48.5 Å². The second-order valence-corrected chi connectivity index (χ2v) is 12.4. The molecule has 11 heteroatoms. The van der Waals surface area contributed by atoms with Crippen LogP contribution < -0.4 is 10.6 Å². The molecule has 2 aromatic carbocycles. The normalized spacial score (nSPS) is 16.0. The third-order valence-electron chi connectivity index (χ3n) is 8.19. The number of nitrogens with zero attached hydrogens (tertiary/aromatic N) is 5. The molecule has 0 saturated carbocycles. The molecule has 4 aromatic rings. The van der Waals surface area contributed by atoms with E-state index in [4.69, 9.17) is 25.8 Å². The maximum Gasteiger partial charge on any atom is 0.223 e. The molecule has 45 heavy (non-hydrogen) atoms. The molecule has 2 saturated heterocycles. The highest BCUT2D eigenvalue weighted by molar-refractivity contribution is 7.19. The first-order valence-electron chi connectivity index (χ1n) is 15.3. The first-order chi connectivity index (χ1) is 22.0. The van der Waals surface area contributed by atoms with Crippen LogP contribution in [-0.2, 0) is 20.9 Å². The van der Waals surface area contributed by atoms with Crippen LogP contribution in [0.5, 0.6) is 0 Å². The summed E-state index contributed by atoms with van der Waals surface area (Å²) in [5.74, 6) is 1.43. The Hall–Kier alpha value is -4.45. The Morgan fingerprint density at radius 1 is 0.956 bits per heavy atom. The molecule has 1 amide bonds. The predicted octanol–water partition coefficient (Wildman–Crippen LogP) is 4.48. The van der Waals surface area contributed by atoms with Gasteiger partial charge >= 0.3 is 0 Å². The number of ether oxygens (including phenoxy) is 1. The SMILES string of the molecule is N=Cc1c(N)cccc1-c1nc(N2CCOCC2)c2sc(CN3CCN(C(=O)CCC(=O)/C=C/c4ccccc4)CC3)cc2n1. The molecule has 2 aliphatic rings. The highest BCUT2D eigenvalue weighted by Gasteiger charge is 2.24. The van der Waals surface area contributed by atoms with Crippen molar-refractivity contribution in [2.24, 2.45) is 0 Å². The maximum absolute atomic E-state index is 12.8. The Labute approximate surface area is 266 Å². The van der Waals surface area contributed by atoms with E-state index in [0.717, 1.165) is 59.9 Å². The minimum absolute atomic E-state index is 0.0294. The number of allylic oxidation sites excluding steroid dienone is 1. The third kappa shape index (κ3) is 7.28. The van der Waals surface area contributed by atoms with Gasteiger partial charge in [0, 0.05) is 86.6 Å². The molecule has 0 spiro atoms. The Kier molecular flexibility index (Phi) is 9.58. The molecule has 2 fully saturated rings. The van der Waals surface area contributed by atoms with Crippen molar-refractivity contribution < 1.29 is 14.3 Å². The van der Waals surface area contributed by atoms with Gasteiger partial charge < -0.3 is 25.7 Å². The molecule has 2 aliphatic heterocycles. The fourth-order valence-electron chi connectivity index (χ4n) is 5.69. The Balaban J connectivity index is 1.11. The summed E-state index contributed by atoms with van der Waals surface area (Å²) >= 11 is 1.71. The van der Waals surface area contributed by atoms with Crippen LogP contribution in [-0.4, -0.2) is 90.2 Å². The van der Waals surface area contributed by atoms with Gasteiger partial charge in [-0.25, -0.2) is 9.97 Å². The number of rotatable bonds is 10. The number of nitrogen functional groups attached to an aromatic ring is 1. The summed E-state index contributed by atoms with van der Waals surface area (Å²) in [6.45, 7) is 6.35.